The van der Waals surface area contributed by atoms with Crippen LogP contribution < -0.4 is 10.9 Å². The minimum absolute atomic E-state index is 0.0262. The van der Waals surface area contributed by atoms with E-state index in [2.05, 4.69) is 10.4 Å². The van der Waals surface area contributed by atoms with Crippen LogP contribution in [0.4, 0.5) is 0 Å². The van der Waals surface area contributed by atoms with Gasteiger partial charge in [-0.25, -0.2) is 4.68 Å². The molecule has 1 aromatic rings. The van der Waals surface area contributed by atoms with Gasteiger partial charge in [-0.15, -0.1) is 0 Å². The van der Waals surface area contributed by atoms with Gasteiger partial charge in [0.2, 0.25) is 5.91 Å². The maximum atomic E-state index is 11.7. The number of ether oxygens (including phenoxy) is 1. The van der Waals surface area contributed by atoms with E-state index in [0.717, 1.165) is 36.5 Å². The van der Waals surface area contributed by atoms with Crippen molar-refractivity contribution < 1.29 is 9.53 Å². The summed E-state index contributed by atoms with van der Waals surface area (Å²) in [6.07, 6.45) is 3.67. The van der Waals surface area contributed by atoms with Crippen LogP contribution in [0.3, 0.4) is 0 Å². The number of hydrogen-bond acceptors (Lipinski definition) is 5. The van der Waals surface area contributed by atoms with Crippen molar-refractivity contribution in [3.05, 3.63) is 28.7 Å². The maximum Gasteiger partial charge on any atom is 0.267 e. The van der Waals surface area contributed by atoms with Crippen LogP contribution >= 0.6 is 11.8 Å². The molecule has 0 aliphatic carbocycles. The Labute approximate surface area is 121 Å². The molecule has 1 fully saturated rings. The van der Waals surface area contributed by atoms with Crippen molar-refractivity contribution in [3.8, 4) is 0 Å². The highest BCUT2D eigenvalue weighted by atomic mass is 32.2. The second kappa shape index (κ2) is 8.06. The first-order valence-corrected chi connectivity index (χ1v) is 7.79. The van der Waals surface area contributed by atoms with Gasteiger partial charge < -0.3 is 10.1 Å². The van der Waals surface area contributed by atoms with Crippen molar-refractivity contribution in [1.29, 1.82) is 0 Å². The van der Waals surface area contributed by atoms with Gasteiger partial charge in [-0.2, -0.15) is 16.9 Å². The van der Waals surface area contributed by atoms with Gasteiger partial charge in [-0.1, -0.05) is 0 Å². The van der Waals surface area contributed by atoms with Gasteiger partial charge in [0.05, 0.1) is 0 Å². The molecular weight excluding hydrogens is 278 g/mol. The maximum absolute atomic E-state index is 11.7. The Bertz CT molecular complexity index is 486. The summed E-state index contributed by atoms with van der Waals surface area (Å²) >= 11 is 1.87. The van der Waals surface area contributed by atoms with Crippen LogP contribution in [0.25, 0.3) is 0 Å². The Morgan fingerprint density at radius 1 is 1.50 bits per heavy atom. The molecule has 1 aromatic heterocycles. The summed E-state index contributed by atoms with van der Waals surface area (Å²) in [6.45, 7) is 2.27. The molecule has 7 heteroatoms. The van der Waals surface area contributed by atoms with Gasteiger partial charge in [-0.05, 0) is 18.9 Å². The number of nitrogens with zero attached hydrogens (tertiary/aromatic N) is 2. The van der Waals surface area contributed by atoms with E-state index in [4.69, 9.17) is 4.74 Å². The Kier molecular flexibility index (Phi) is 6.07. The number of hydrogen-bond donors (Lipinski definition) is 1. The standard InChI is InChI=1S/C13H19N3O3S/c17-12(10-16-13(18)2-1-5-15-16)14-6-9-20-11-3-7-19-8-4-11/h1-2,5,11H,3-4,6-10H2,(H,14,17). The molecule has 1 amide bonds. The Morgan fingerprint density at radius 2 is 2.30 bits per heavy atom. The van der Waals surface area contributed by atoms with Gasteiger partial charge in [-0.3, -0.25) is 9.59 Å². The van der Waals surface area contributed by atoms with Gasteiger partial charge in [0, 0.05) is 43.0 Å². The molecule has 0 aromatic carbocycles. The van der Waals surface area contributed by atoms with Crippen LogP contribution in [-0.4, -0.2) is 46.4 Å². The summed E-state index contributed by atoms with van der Waals surface area (Å²) in [7, 11) is 0. The summed E-state index contributed by atoms with van der Waals surface area (Å²) in [5.41, 5.74) is -0.265. The first kappa shape index (κ1) is 15.1. The first-order chi connectivity index (χ1) is 9.75. The summed E-state index contributed by atoms with van der Waals surface area (Å²) in [5.74, 6) is 0.700. The van der Waals surface area contributed by atoms with E-state index in [1.165, 1.54) is 12.3 Å². The van der Waals surface area contributed by atoms with Crippen molar-refractivity contribution >= 4 is 17.7 Å². The molecule has 2 rings (SSSR count). The van der Waals surface area contributed by atoms with E-state index < -0.39 is 0 Å². The normalized spacial score (nSPS) is 16.0. The lowest BCUT2D eigenvalue weighted by molar-refractivity contribution is -0.121. The van der Waals surface area contributed by atoms with Crippen molar-refractivity contribution in [1.82, 2.24) is 15.1 Å². The lowest BCUT2D eigenvalue weighted by Gasteiger charge is -2.21. The van der Waals surface area contributed by atoms with Gasteiger partial charge in [0.15, 0.2) is 0 Å². The second-order valence-electron chi connectivity index (χ2n) is 4.55. The minimum atomic E-state index is -0.265. The lowest BCUT2D eigenvalue weighted by atomic mass is 10.2. The molecule has 20 heavy (non-hydrogen) atoms. The Morgan fingerprint density at radius 3 is 3.05 bits per heavy atom. The average molecular weight is 297 g/mol. The third-order valence-electron chi connectivity index (χ3n) is 3.02. The fourth-order valence-electron chi connectivity index (χ4n) is 1.96. The van der Waals surface area contributed by atoms with E-state index in [9.17, 15) is 9.59 Å². The van der Waals surface area contributed by atoms with E-state index in [1.54, 1.807) is 6.07 Å². The van der Waals surface area contributed by atoms with Crippen LogP contribution in [0.5, 0.6) is 0 Å². The Hall–Kier alpha value is -1.34. The van der Waals surface area contributed by atoms with Gasteiger partial charge >= 0.3 is 0 Å². The first-order valence-electron chi connectivity index (χ1n) is 6.74. The van der Waals surface area contributed by atoms with Crippen molar-refractivity contribution in [3.63, 3.8) is 0 Å². The predicted molar refractivity (Wildman–Crippen MR) is 77.8 cm³/mol. The fraction of sp³-hybridized carbons (Fsp3) is 0.615. The summed E-state index contributed by atoms with van der Waals surface area (Å²) in [6, 6.07) is 2.95. The van der Waals surface area contributed by atoms with E-state index >= 15 is 0 Å². The zero-order chi connectivity index (χ0) is 14.2. The zero-order valence-corrected chi connectivity index (χ0v) is 12.1. The van der Waals surface area contributed by atoms with E-state index in [-0.39, 0.29) is 18.0 Å². The number of amides is 1. The largest absolute Gasteiger partial charge is 0.381 e. The van der Waals surface area contributed by atoms with Crippen molar-refractivity contribution in [2.75, 3.05) is 25.5 Å². The molecule has 0 bridgehead atoms. The molecule has 0 radical (unpaired) electrons. The highest BCUT2D eigenvalue weighted by Gasteiger charge is 2.13. The molecule has 1 aliphatic rings. The molecule has 0 atom stereocenters. The Balaban J connectivity index is 1.63. The number of carbonyl (C=O) groups is 1. The fourth-order valence-corrected chi connectivity index (χ4v) is 3.04. The van der Waals surface area contributed by atoms with E-state index in [0.29, 0.717) is 11.8 Å². The molecule has 0 spiro atoms. The highest BCUT2D eigenvalue weighted by Crippen LogP contribution is 2.21. The van der Waals surface area contributed by atoms with Crippen LogP contribution in [0.1, 0.15) is 12.8 Å². The molecule has 1 saturated heterocycles. The van der Waals surface area contributed by atoms with Crippen molar-refractivity contribution in [2.45, 2.75) is 24.6 Å². The number of nitrogens with one attached hydrogen (secondary N) is 1. The molecule has 2 heterocycles. The number of rotatable bonds is 6. The lowest BCUT2D eigenvalue weighted by Crippen LogP contribution is -2.34. The minimum Gasteiger partial charge on any atom is -0.381 e. The number of aromatic nitrogens is 2. The van der Waals surface area contributed by atoms with Crippen LogP contribution in [0.15, 0.2) is 23.1 Å². The summed E-state index contributed by atoms with van der Waals surface area (Å²) in [5, 5.41) is 7.29. The van der Waals surface area contributed by atoms with Crippen LogP contribution in [-0.2, 0) is 16.1 Å². The topological polar surface area (TPSA) is 73.2 Å². The number of carbonyl (C=O) groups excluding carboxylic acids is 1. The summed E-state index contributed by atoms with van der Waals surface area (Å²) in [4.78, 5) is 23.1. The van der Waals surface area contributed by atoms with Crippen LogP contribution in [0, 0.1) is 0 Å². The molecule has 1 aliphatic heterocycles. The number of thioether (sulfide) groups is 1. The predicted octanol–water partition coefficient (Wildman–Crippen LogP) is 0.272. The van der Waals surface area contributed by atoms with Crippen molar-refractivity contribution in [2.24, 2.45) is 0 Å². The third kappa shape index (κ3) is 4.97. The summed E-state index contributed by atoms with van der Waals surface area (Å²) < 4.78 is 6.45. The van der Waals surface area contributed by atoms with E-state index in [1.807, 2.05) is 11.8 Å². The monoisotopic (exact) mass is 297 g/mol. The molecule has 0 saturated carbocycles. The molecular formula is C13H19N3O3S. The molecule has 110 valence electrons. The molecule has 0 unspecified atom stereocenters. The quantitative estimate of drug-likeness (QED) is 0.763. The average Bonchev–Trinajstić information content (AvgIpc) is 2.47. The van der Waals surface area contributed by atoms with Crippen LogP contribution in [0.2, 0.25) is 0 Å². The molecule has 1 N–H and O–H groups in total. The van der Waals surface area contributed by atoms with Gasteiger partial charge in [0.25, 0.3) is 5.56 Å². The highest BCUT2D eigenvalue weighted by molar-refractivity contribution is 7.99. The second-order valence-corrected chi connectivity index (χ2v) is 5.96. The smallest absolute Gasteiger partial charge is 0.267 e. The third-order valence-corrected chi connectivity index (χ3v) is 4.41. The van der Waals surface area contributed by atoms with Gasteiger partial charge in [0.1, 0.15) is 6.54 Å². The molecule has 6 nitrogen and oxygen atoms in total. The SMILES string of the molecule is O=C(Cn1ncccc1=O)NCCSC1CCOCC1. The zero-order valence-electron chi connectivity index (χ0n) is 11.3.